The Labute approximate surface area is 174 Å². The first-order valence-electron chi connectivity index (χ1n) is 9.46. The SMILES string of the molecule is COc1ccc(CC(=O)N2CC[C@@]3(C2)C(=O)N(C)c2ccc(OC)cc23)c(Cl)c1. The van der Waals surface area contributed by atoms with E-state index in [4.69, 9.17) is 21.1 Å². The summed E-state index contributed by atoms with van der Waals surface area (Å²) in [6.07, 6.45) is 0.784. The molecule has 1 atom stereocenters. The minimum Gasteiger partial charge on any atom is -0.497 e. The minimum atomic E-state index is -0.710. The third-order valence-corrected chi connectivity index (χ3v) is 6.37. The van der Waals surface area contributed by atoms with Crippen molar-refractivity contribution in [2.24, 2.45) is 0 Å². The zero-order valence-corrected chi connectivity index (χ0v) is 17.5. The van der Waals surface area contributed by atoms with E-state index in [1.165, 1.54) is 0 Å². The minimum absolute atomic E-state index is 0.0264. The highest BCUT2D eigenvalue weighted by Crippen LogP contribution is 2.48. The van der Waals surface area contributed by atoms with Gasteiger partial charge in [-0.3, -0.25) is 9.59 Å². The summed E-state index contributed by atoms with van der Waals surface area (Å²) < 4.78 is 10.5. The number of likely N-dealkylation sites (tertiary alicyclic amines) is 1. The monoisotopic (exact) mass is 414 g/mol. The molecule has 2 heterocycles. The maximum absolute atomic E-state index is 13.1. The standard InChI is InChI=1S/C22H23ClN2O4/c1-24-19-7-6-15(28-2)11-17(19)22(21(24)27)8-9-25(13-22)20(26)10-14-4-5-16(29-3)12-18(14)23/h4-7,11-12H,8-10,13H2,1-3H3/t22-/m0/s1. The van der Waals surface area contributed by atoms with E-state index in [0.717, 1.165) is 16.8 Å². The Morgan fingerprint density at radius 2 is 1.83 bits per heavy atom. The molecule has 6 nitrogen and oxygen atoms in total. The van der Waals surface area contributed by atoms with E-state index in [-0.39, 0.29) is 18.2 Å². The molecule has 1 saturated heterocycles. The van der Waals surface area contributed by atoms with Crippen molar-refractivity contribution in [1.29, 1.82) is 0 Å². The van der Waals surface area contributed by atoms with Crippen LogP contribution in [0.2, 0.25) is 5.02 Å². The van der Waals surface area contributed by atoms with Gasteiger partial charge in [0.2, 0.25) is 11.8 Å². The van der Waals surface area contributed by atoms with Crippen molar-refractivity contribution >= 4 is 29.1 Å². The van der Waals surface area contributed by atoms with Gasteiger partial charge in [-0.2, -0.15) is 0 Å². The summed E-state index contributed by atoms with van der Waals surface area (Å²) in [5.41, 5.74) is 1.85. The summed E-state index contributed by atoms with van der Waals surface area (Å²) in [6.45, 7) is 0.895. The molecule has 0 aromatic heterocycles. The average Bonchev–Trinajstić information content (AvgIpc) is 3.27. The van der Waals surface area contributed by atoms with Crippen LogP contribution in [0.4, 0.5) is 5.69 Å². The average molecular weight is 415 g/mol. The van der Waals surface area contributed by atoms with Crippen molar-refractivity contribution in [1.82, 2.24) is 4.90 Å². The number of carbonyl (C=O) groups is 2. The van der Waals surface area contributed by atoms with Crippen LogP contribution in [0.25, 0.3) is 0 Å². The van der Waals surface area contributed by atoms with Gasteiger partial charge in [0.15, 0.2) is 0 Å². The van der Waals surface area contributed by atoms with Gasteiger partial charge in [-0.25, -0.2) is 0 Å². The van der Waals surface area contributed by atoms with E-state index in [2.05, 4.69) is 0 Å². The van der Waals surface area contributed by atoms with Gasteiger partial charge in [0.25, 0.3) is 0 Å². The number of carbonyl (C=O) groups excluding carboxylic acids is 2. The van der Waals surface area contributed by atoms with Crippen molar-refractivity contribution in [2.45, 2.75) is 18.3 Å². The molecule has 29 heavy (non-hydrogen) atoms. The molecule has 0 aliphatic carbocycles. The van der Waals surface area contributed by atoms with E-state index >= 15 is 0 Å². The molecule has 0 N–H and O–H groups in total. The maximum atomic E-state index is 13.1. The number of nitrogens with zero attached hydrogens (tertiary/aromatic N) is 2. The van der Waals surface area contributed by atoms with Gasteiger partial charge < -0.3 is 19.3 Å². The molecule has 2 aliphatic rings. The lowest BCUT2D eigenvalue weighted by Crippen LogP contribution is -2.42. The molecule has 4 rings (SSSR count). The largest absolute Gasteiger partial charge is 0.497 e. The van der Waals surface area contributed by atoms with Crippen molar-refractivity contribution in [2.75, 3.05) is 39.3 Å². The Morgan fingerprint density at radius 3 is 2.52 bits per heavy atom. The summed E-state index contributed by atoms with van der Waals surface area (Å²) in [4.78, 5) is 29.6. The lowest BCUT2D eigenvalue weighted by molar-refractivity contribution is -0.130. The number of amides is 2. The number of fused-ring (bicyclic) bond motifs is 2. The van der Waals surface area contributed by atoms with Gasteiger partial charge >= 0.3 is 0 Å². The first-order valence-corrected chi connectivity index (χ1v) is 9.84. The Morgan fingerprint density at radius 1 is 1.14 bits per heavy atom. The molecule has 2 aliphatic heterocycles. The molecule has 0 unspecified atom stereocenters. The molecule has 0 radical (unpaired) electrons. The fourth-order valence-electron chi connectivity index (χ4n) is 4.35. The summed E-state index contributed by atoms with van der Waals surface area (Å²) >= 11 is 6.30. The number of likely N-dealkylation sites (N-methyl/N-ethyl adjacent to an activating group) is 1. The Bertz CT molecular complexity index is 993. The van der Waals surface area contributed by atoms with Crippen molar-refractivity contribution in [3.63, 3.8) is 0 Å². The van der Waals surface area contributed by atoms with Crippen LogP contribution in [-0.2, 0) is 21.4 Å². The van der Waals surface area contributed by atoms with Crippen molar-refractivity contribution in [3.05, 3.63) is 52.5 Å². The highest BCUT2D eigenvalue weighted by molar-refractivity contribution is 6.31. The van der Waals surface area contributed by atoms with Crippen LogP contribution < -0.4 is 14.4 Å². The Balaban J connectivity index is 1.57. The lowest BCUT2D eigenvalue weighted by Gasteiger charge is -2.24. The predicted octanol–water partition coefficient (Wildman–Crippen LogP) is 3.05. The molecule has 152 valence electrons. The first kappa shape index (κ1) is 19.6. The van der Waals surface area contributed by atoms with E-state index in [1.807, 2.05) is 18.2 Å². The van der Waals surface area contributed by atoms with Crippen LogP contribution in [0.3, 0.4) is 0 Å². The maximum Gasteiger partial charge on any atom is 0.239 e. The quantitative estimate of drug-likeness (QED) is 0.771. The molecule has 0 bridgehead atoms. The summed E-state index contributed by atoms with van der Waals surface area (Å²) in [5, 5.41) is 0.498. The van der Waals surface area contributed by atoms with Crippen LogP contribution in [0, 0.1) is 0 Å². The lowest BCUT2D eigenvalue weighted by atomic mass is 9.81. The van der Waals surface area contributed by atoms with Crippen LogP contribution in [0.1, 0.15) is 17.5 Å². The number of rotatable bonds is 4. The number of hydrogen-bond donors (Lipinski definition) is 0. The topological polar surface area (TPSA) is 59.1 Å². The number of anilines is 1. The fourth-order valence-corrected chi connectivity index (χ4v) is 4.59. The van der Waals surface area contributed by atoms with Crippen LogP contribution in [0.5, 0.6) is 11.5 Å². The van der Waals surface area contributed by atoms with Crippen molar-refractivity contribution in [3.8, 4) is 11.5 Å². The van der Waals surface area contributed by atoms with E-state index < -0.39 is 5.41 Å². The number of halogens is 1. The molecule has 1 fully saturated rings. The molecule has 2 amide bonds. The van der Waals surface area contributed by atoms with Gasteiger partial charge in [0.05, 0.1) is 26.1 Å². The molecule has 2 aromatic carbocycles. The first-order chi connectivity index (χ1) is 13.9. The van der Waals surface area contributed by atoms with Gasteiger partial charge in [-0.15, -0.1) is 0 Å². The molecular formula is C22H23ClN2O4. The van der Waals surface area contributed by atoms with Gasteiger partial charge in [-0.1, -0.05) is 17.7 Å². The summed E-state index contributed by atoms with van der Waals surface area (Å²) in [7, 11) is 4.96. The highest BCUT2D eigenvalue weighted by atomic mass is 35.5. The second-order valence-corrected chi connectivity index (χ2v) is 7.94. The Hall–Kier alpha value is -2.73. The van der Waals surface area contributed by atoms with Gasteiger partial charge in [0, 0.05) is 30.8 Å². The smallest absolute Gasteiger partial charge is 0.239 e. The second kappa shape index (κ2) is 7.26. The third kappa shape index (κ3) is 3.12. The van der Waals surface area contributed by atoms with E-state index in [1.54, 1.807) is 49.3 Å². The fraction of sp³-hybridized carbons (Fsp3) is 0.364. The number of benzene rings is 2. The van der Waals surface area contributed by atoms with E-state index in [0.29, 0.717) is 36.0 Å². The van der Waals surface area contributed by atoms with Crippen LogP contribution in [0.15, 0.2) is 36.4 Å². The number of methoxy groups -OCH3 is 2. The van der Waals surface area contributed by atoms with Crippen LogP contribution in [-0.4, -0.2) is 51.1 Å². The third-order valence-electron chi connectivity index (χ3n) is 6.02. The summed E-state index contributed by atoms with van der Waals surface area (Å²) in [5.74, 6) is 1.34. The summed E-state index contributed by atoms with van der Waals surface area (Å²) in [6, 6.07) is 11.0. The predicted molar refractivity (Wildman–Crippen MR) is 111 cm³/mol. The number of hydrogen-bond acceptors (Lipinski definition) is 4. The van der Waals surface area contributed by atoms with Crippen LogP contribution >= 0.6 is 11.6 Å². The zero-order chi connectivity index (χ0) is 20.8. The second-order valence-electron chi connectivity index (χ2n) is 7.53. The normalized spacial score (nSPS) is 20.3. The highest BCUT2D eigenvalue weighted by Gasteiger charge is 2.54. The van der Waals surface area contributed by atoms with E-state index in [9.17, 15) is 9.59 Å². The van der Waals surface area contributed by atoms with Gasteiger partial charge in [0.1, 0.15) is 11.5 Å². The zero-order valence-electron chi connectivity index (χ0n) is 16.7. The molecular weight excluding hydrogens is 392 g/mol. The molecule has 0 saturated carbocycles. The van der Waals surface area contributed by atoms with Crippen molar-refractivity contribution < 1.29 is 19.1 Å². The van der Waals surface area contributed by atoms with Gasteiger partial charge in [-0.05, 0) is 47.9 Å². The molecule has 7 heteroatoms. The molecule has 1 spiro atoms. The Kier molecular flexibility index (Phi) is 4.90. The molecule has 2 aromatic rings. The number of ether oxygens (including phenoxy) is 2.